The van der Waals surface area contributed by atoms with Crippen molar-refractivity contribution < 1.29 is 9.90 Å². The molecule has 4 rings (SSSR count). The Bertz CT molecular complexity index is 530. The highest BCUT2D eigenvalue weighted by atomic mass is 16.3. The first kappa shape index (κ1) is 14.7. The van der Waals surface area contributed by atoms with Gasteiger partial charge in [-0.05, 0) is 67.3 Å². The quantitative estimate of drug-likeness (QED) is 0.723. The second kappa shape index (κ2) is 4.59. The van der Waals surface area contributed by atoms with E-state index in [9.17, 15) is 9.90 Å². The summed E-state index contributed by atoms with van der Waals surface area (Å²) in [7, 11) is 0. The van der Waals surface area contributed by atoms with Gasteiger partial charge in [0.05, 0.1) is 6.10 Å². The summed E-state index contributed by atoms with van der Waals surface area (Å²) in [6, 6.07) is 0.305. The number of aliphatic hydroxyl groups excluding tert-OH is 1. The summed E-state index contributed by atoms with van der Waals surface area (Å²) in [5.74, 6) is 2.51. The molecule has 22 heavy (non-hydrogen) atoms. The molecule has 122 valence electrons. The van der Waals surface area contributed by atoms with Crippen LogP contribution in [0.5, 0.6) is 0 Å². The minimum atomic E-state index is -0.124. The van der Waals surface area contributed by atoms with Crippen molar-refractivity contribution in [1.82, 2.24) is 5.32 Å². The number of carbonyl (C=O) groups excluding carboxylic acids is 1. The van der Waals surface area contributed by atoms with Crippen molar-refractivity contribution in [1.29, 1.82) is 0 Å². The standard InChI is InChI=1S/C19H29NO2/c1-11-15(21)10-14-12-4-5-16-19(3,9-7-17(22)20-16)13(12)6-8-18(11,14)2/h7,9,11-16,21H,4-6,8,10H2,1-3H3,(H,20,22)/t11?,12-,13-,14+,15?,16?,18-,19-/m1/s1. The summed E-state index contributed by atoms with van der Waals surface area (Å²) in [6.07, 6.45) is 9.56. The first-order valence-electron chi connectivity index (χ1n) is 9.04. The van der Waals surface area contributed by atoms with E-state index in [1.54, 1.807) is 6.08 Å². The van der Waals surface area contributed by atoms with E-state index in [1.165, 1.54) is 19.3 Å². The van der Waals surface area contributed by atoms with Crippen molar-refractivity contribution >= 4 is 5.91 Å². The molecule has 1 amide bonds. The van der Waals surface area contributed by atoms with Crippen LogP contribution in [0.25, 0.3) is 0 Å². The van der Waals surface area contributed by atoms with Crippen LogP contribution in [0.1, 0.15) is 52.9 Å². The summed E-state index contributed by atoms with van der Waals surface area (Å²) in [5, 5.41) is 13.6. The molecule has 0 saturated heterocycles. The number of aliphatic hydroxyl groups is 1. The van der Waals surface area contributed by atoms with Gasteiger partial charge in [-0.2, -0.15) is 0 Å². The van der Waals surface area contributed by atoms with Crippen LogP contribution in [0, 0.1) is 34.5 Å². The molecule has 3 unspecified atom stereocenters. The molecule has 3 nitrogen and oxygen atoms in total. The lowest BCUT2D eigenvalue weighted by molar-refractivity contribution is -0.122. The molecular weight excluding hydrogens is 274 g/mol. The van der Waals surface area contributed by atoms with Crippen molar-refractivity contribution in [3.63, 3.8) is 0 Å². The Hall–Kier alpha value is -0.830. The van der Waals surface area contributed by atoms with Crippen molar-refractivity contribution in [2.75, 3.05) is 0 Å². The number of fused-ring (bicyclic) bond motifs is 5. The summed E-state index contributed by atoms with van der Waals surface area (Å²) in [4.78, 5) is 11.7. The fourth-order valence-electron chi connectivity index (χ4n) is 6.59. The van der Waals surface area contributed by atoms with Gasteiger partial charge in [0.25, 0.3) is 0 Å². The first-order chi connectivity index (χ1) is 10.4. The van der Waals surface area contributed by atoms with Crippen LogP contribution in [-0.4, -0.2) is 23.2 Å². The zero-order chi connectivity index (χ0) is 15.7. The second-order valence-corrected chi connectivity index (χ2v) is 8.85. The smallest absolute Gasteiger partial charge is 0.243 e. The predicted octanol–water partition coefficient (Wildman–Crippen LogP) is 2.89. The van der Waals surface area contributed by atoms with Gasteiger partial charge < -0.3 is 10.4 Å². The molecule has 3 saturated carbocycles. The van der Waals surface area contributed by atoms with Crippen LogP contribution in [0.2, 0.25) is 0 Å². The minimum absolute atomic E-state index is 0.0754. The number of rotatable bonds is 0. The van der Waals surface area contributed by atoms with Crippen LogP contribution in [0.4, 0.5) is 0 Å². The summed E-state index contributed by atoms with van der Waals surface area (Å²) < 4.78 is 0. The molecular formula is C19H29NO2. The van der Waals surface area contributed by atoms with Gasteiger partial charge in [0.15, 0.2) is 0 Å². The third-order valence-electron chi connectivity index (χ3n) is 8.24. The molecule has 2 N–H and O–H groups in total. The summed E-state index contributed by atoms with van der Waals surface area (Å²) in [6.45, 7) is 7.02. The van der Waals surface area contributed by atoms with Gasteiger partial charge in [0.2, 0.25) is 5.91 Å². The molecule has 3 aliphatic carbocycles. The highest BCUT2D eigenvalue weighted by Crippen LogP contribution is 2.64. The van der Waals surface area contributed by atoms with Crippen LogP contribution >= 0.6 is 0 Å². The molecule has 8 atom stereocenters. The fourth-order valence-corrected chi connectivity index (χ4v) is 6.59. The fraction of sp³-hybridized carbons (Fsp3) is 0.842. The van der Waals surface area contributed by atoms with Gasteiger partial charge in [0.1, 0.15) is 0 Å². The average molecular weight is 303 g/mol. The van der Waals surface area contributed by atoms with Crippen molar-refractivity contribution in [3.05, 3.63) is 12.2 Å². The number of amides is 1. The molecule has 0 aromatic rings. The lowest BCUT2D eigenvalue weighted by Gasteiger charge is -2.58. The maximum atomic E-state index is 11.7. The zero-order valence-corrected chi connectivity index (χ0v) is 14.0. The maximum absolute atomic E-state index is 11.7. The molecule has 1 aliphatic heterocycles. The SMILES string of the molecule is CC1C(O)C[C@H]2[C@@H]3CCC4NC(=O)C=C[C@]4(C)[C@@H]3CC[C@]12C. The maximum Gasteiger partial charge on any atom is 0.243 e. The largest absolute Gasteiger partial charge is 0.393 e. The van der Waals surface area contributed by atoms with Gasteiger partial charge in [0, 0.05) is 11.5 Å². The Balaban J connectivity index is 1.68. The van der Waals surface area contributed by atoms with Crippen LogP contribution in [-0.2, 0) is 4.79 Å². The van der Waals surface area contributed by atoms with E-state index in [1.807, 2.05) is 0 Å². The van der Waals surface area contributed by atoms with Crippen molar-refractivity contribution in [3.8, 4) is 0 Å². The molecule has 0 radical (unpaired) electrons. The Labute approximate surface area is 133 Å². The Kier molecular flexibility index (Phi) is 3.08. The minimum Gasteiger partial charge on any atom is -0.393 e. The summed E-state index contributed by atoms with van der Waals surface area (Å²) in [5.41, 5.74) is 0.417. The third kappa shape index (κ3) is 1.75. The number of nitrogens with one attached hydrogen (secondary N) is 1. The average Bonchev–Trinajstić information content (AvgIpc) is 2.72. The normalized spacial score (nSPS) is 56.8. The van der Waals surface area contributed by atoms with E-state index in [-0.39, 0.29) is 17.4 Å². The number of carbonyl (C=O) groups is 1. The van der Waals surface area contributed by atoms with E-state index < -0.39 is 0 Å². The van der Waals surface area contributed by atoms with Gasteiger partial charge in [-0.1, -0.05) is 26.8 Å². The van der Waals surface area contributed by atoms with E-state index in [0.717, 1.165) is 12.8 Å². The highest BCUT2D eigenvalue weighted by molar-refractivity contribution is 5.89. The van der Waals surface area contributed by atoms with Crippen LogP contribution in [0.3, 0.4) is 0 Å². The van der Waals surface area contributed by atoms with Crippen LogP contribution in [0.15, 0.2) is 12.2 Å². The Morgan fingerprint density at radius 2 is 2.00 bits per heavy atom. The molecule has 0 bridgehead atoms. The van der Waals surface area contributed by atoms with Gasteiger partial charge >= 0.3 is 0 Å². The Morgan fingerprint density at radius 1 is 1.23 bits per heavy atom. The lowest BCUT2D eigenvalue weighted by atomic mass is 9.48. The molecule has 0 aromatic carbocycles. The van der Waals surface area contributed by atoms with E-state index in [2.05, 4.69) is 32.2 Å². The van der Waals surface area contributed by atoms with E-state index in [4.69, 9.17) is 0 Å². The van der Waals surface area contributed by atoms with Crippen molar-refractivity contribution in [2.24, 2.45) is 34.5 Å². The number of hydrogen-bond acceptors (Lipinski definition) is 2. The topological polar surface area (TPSA) is 49.3 Å². The van der Waals surface area contributed by atoms with Gasteiger partial charge in [-0.15, -0.1) is 0 Å². The molecule has 0 spiro atoms. The molecule has 1 heterocycles. The molecule has 3 fully saturated rings. The monoisotopic (exact) mass is 303 g/mol. The van der Waals surface area contributed by atoms with E-state index in [0.29, 0.717) is 35.1 Å². The van der Waals surface area contributed by atoms with E-state index >= 15 is 0 Å². The lowest BCUT2D eigenvalue weighted by Crippen LogP contribution is -2.59. The molecule has 0 aromatic heterocycles. The molecule has 4 aliphatic rings. The summed E-state index contributed by atoms with van der Waals surface area (Å²) >= 11 is 0. The third-order valence-corrected chi connectivity index (χ3v) is 8.24. The number of hydrogen-bond donors (Lipinski definition) is 2. The van der Waals surface area contributed by atoms with Gasteiger partial charge in [-0.3, -0.25) is 4.79 Å². The van der Waals surface area contributed by atoms with Crippen LogP contribution < -0.4 is 5.32 Å². The first-order valence-corrected chi connectivity index (χ1v) is 9.04. The highest BCUT2D eigenvalue weighted by Gasteiger charge is 2.60. The molecule has 3 heteroatoms. The van der Waals surface area contributed by atoms with Gasteiger partial charge in [-0.25, -0.2) is 0 Å². The predicted molar refractivity (Wildman–Crippen MR) is 86.0 cm³/mol. The second-order valence-electron chi connectivity index (χ2n) is 8.85. The zero-order valence-electron chi connectivity index (χ0n) is 14.0. The van der Waals surface area contributed by atoms with Crippen molar-refractivity contribution in [2.45, 2.75) is 65.0 Å². The Morgan fingerprint density at radius 3 is 2.77 bits per heavy atom.